The van der Waals surface area contributed by atoms with Crippen LogP contribution in [0, 0.1) is 6.92 Å². The van der Waals surface area contributed by atoms with Gasteiger partial charge in [-0.15, -0.1) is 0 Å². The first-order chi connectivity index (χ1) is 13.6. The molecule has 0 heterocycles. The van der Waals surface area contributed by atoms with Crippen molar-refractivity contribution in [1.82, 2.24) is 5.32 Å². The highest BCUT2D eigenvalue weighted by atomic mass is 16.5. The van der Waals surface area contributed by atoms with E-state index in [9.17, 15) is 9.59 Å². The Bertz CT molecular complexity index is 962. The van der Waals surface area contributed by atoms with Gasteiger partial charge in [0, 0.05) is 11.6 Å². The fraction of sp³-hybridized carbons (Fsp3) is 0.0833. The Morgan fingerprint density at radius 1 is 0.821 bits per heavy atom. The van der Waals surface area contributed by atoms with Gasteiger partial charge in [-0.25, -0.2) is 4.79 Å². The van der Waals surface area contributed by atoms with Crippen LogP contribution in [-0.2, 0) is 11.3 Å². The molecule has 0 aliphatic heterocycles. The van der Waals surface area contributed by atoms with E-state index in [1.165, 1.54) is 6.08 Å². The topological polar surface area (TPSA) is 55.4 Å². The van der Waals surface area contributed by atoms with Crippen LogP contribution in [0.25, 0.3) is 5.70 Å². The summed E-state index contributed by atoms with van der Waals surface area (Å²) < 4.78 is 5.28. The number of aryl methyl sites for hydroxylation is 1. The van der Waals surface area contributed by atoms with Crippen LogP contribution in [0.1, 0.15) is 27.0 Å². The zero-order chi connectivity index (χ0) is 19.8. The van der Waals surface area contributed by atoms with Crippen LogP contribution in [0.4, 0.5) is 4.79 Å². The molecule has 0 fully saturated rings. The zero-order valence-electron chi connectivity index (χ0n) is 15.6. The van der Waals surface area contributed by atoms with E-state index in [4.69, 9.17) is 4.74 Å². The number of ketones is 1. The first-order valence-electron chi connectivity index (χ1n) is 8.97. The highest BCUT2D eigenvalue weighted by molar-refractivity contribution is 6.09. The maximum atomic E-state index is 12.6. The van der Waals surface area contributed by atoms with Crippen LogP contribution in [0.3, 0.4) is 0 Å². The van der Waals surface area contributed by atoms with Crippen molar-refractivity contribution in [3.63, 3.8) is 0 Å². The minimum atomic E-state index is -0.615. The predicted octanol–water partition coefficient (Wildman–Crippen LogP) is 5.15. The molecule has 140 valence electrons. The van der Waals surface area contributed by atoms with Gasteiger partial charge in [-0.2, -0.15) is 0 Å². The number of amides is 1. The summed E-state index contributed by atoms with van der Waals surface area (Å²) in [5, 5.41) is 2.69. The van der Waals surface area contributed by atoms with Crippen molar-refractivity contribution in [2.45, 2.75) is 13.5 Å². The molecule has 0 saturated heterocycles. The normalized spacial score (nSPS) is 11.0. The van der Waals surface area contributed by atoms with E-state index in [-0.39, 0.29) is 12.4 Å². The third-order valence-electron chi connectivity index (χ3n) is 4.15. The monoisotopic (exact) mass is 371 g/mol. The van der Waals surface area contributed by atoms with Crippen molar-refractivity contribution in [2.24, 2.45) is 0 Å². The van der Waals surface area contributed by atoms with Gasteiger partial charge in [0.1, 0.15) is 6.61 Å². The third-order valence-corrected chi connectivity index (χ3v) is 4.15. The van der Waals surface area contributed by atoms with E-state index >= 15 is 0 Å². The van der Waals surface area contributed by atoms with Gasteiger partial charge in [-0.1, -0.05) is 90.5 Å². The SMILES string of the molecule is Cc1ccc(C(=O)/C=C(\NC(=O)OCc2ccccc2)c2ccccc2)cc1. The molecule has 28 heavy (non-hydrogen) atoms. The Morgan fingerprint density at radius 3 is 2.07 bits per heavy atom. The highest BCUT2D eigenvalue weighted by Gasteiger charge is 2.11. The van der Waals surface area contributed by atoms with Gasteiger partial charge in [-0.05, 0) is 18.1 Å². The van der Waals surface area contributed by atoms with E-state index in [1.807, 2.05) is 79.7 Å². The standard InChI is InChI=1S/C24H21NO3/c1-18-12-14-21(15-13-18)23(26)16-22(20-10-6-3-7-11-20)25-24(27)28-17-19-8-4-2-5-9-19/h2-16H,17H2,1H3,(H,25,27)/b22-16-. The molecule has 4 nitrogen and oxygen atoms in total. The van der Waals surface area contributed by atoms with E-state index in [1.54, 1.807) is 12.1 Å². The lowest BCUT2D eigenvalue weighted by Gasteiger charge is -2.11. The molecule has 4 heteroatoms. The Kier molecular flexibility index (Phi) is 6.37. The number of rotatable bonds is 6. The minimum absolute atomic E-state index is 0.153. The van der Waals surface area contributed by atoms with Gasteiger partial charge in [0.2, 0.25) is 0 Å². The Labute approximate surface area is 164 Å². The van der Waals surface area contributed by atoms with Crippen LogP contribution in [0.15, 0.2) is 91.0 Å². The van der Waals surface area contributed by atoms with Crippen molar-refractivity contribution in [3.8, 4) is 0 Å². The van der Waals surface area contributed by atoms with Gasteiger partial charge >= 0.3 is 6.09 Å². The van der Waals surface area contributed by atoms with Crippen molar-refractivity contribution in [1.29, 1.82) is 0 Å². The average molecular weight is 371 g/mol. The number of carbonyl (C=O) groups excluding carboxylic acids is 2. The number of ether oxygens (including phenoxy) is 1. The summed E-state index contributed by atoms with van der Waals surface area (Å²) in [5.41, 5.74) is 3.63. The number of allylic oxidation sites excluding steroid dienone is 1. The van der Waals surface area contributed by atoms with Crippen molar-refractivity contribution >= 4 is 17.6 Å². The van der Waals surface area contributed by atoms with Gasteiger partial charge in [-0.3, -0.25) is 10.1 Å². The summed E-state index contributed by atoms with van der Waals surface area (Å²) in [6.45, 7) is 2.12. The summed E-state index contributed by atoms with van der Waals surface area (Å²) in [4.78, 5) is 24.9. The maximum absolute atomic E-state index is 12.6. The smallest absolute Gasteiger partial charge is 0.411 e. The Balaban J connectivity index is 1.76. The molecule has 1 N–H and O–H groups in total. The van der Waals surface area contributed by atoms with Crippen LogP contribution in [0.2, 0.25) is 0 Å². The van der Waals surface area contributed by atoms with E-state index in [0.717, 1.165) is 16.7 Å². The molecule has 0 atom stereocenters. The molecule has 0 unspecified atom stereocenters. The molecule has 0 aliphatic carbocycles. The van der Waals surface area contributed by atoms with E-state index in [0.29, 0.717) is 11.3 Å². The van der Waals surface area contributed by atoms with Crippen LogP contribution in [-0.4, -0.2) is 11.9 Å². The van der Waals surface area contributed by atoms with Crippen LogP contribution in [0.5, 0.6) is 0 Å². The minimum Gasteiger partial charge on any atom is -0.444 e. The summed E-state index contributed by atoms with van der Waals surface area (Å²) in [6, 6.07) is 25.9. The maximum Gasteiger partial charge on any atom is 0.411 e. The summed E-state index contributed by atoms with van der Waals surface area (Å²) in [5.74, 6) is -0.192. The molecule has 0 bridgehead atoms. The summed E-state index contributed by atoms with van der Waals surface area (Å²) >= 11 is 0. The second kappa shape index (κ2) is 9.33. The number of carbonyl (C=O) groups is 2. The second-order valence-electron chi connectivity index (χ2n) is 6.34. The van der Waals surface area contributed by atoms with Gasteiger partial charge < -0.3 is 4.74 Å². The van der Waals surface area contributed by atoms with Crippen molar-refractivity contribution in [3.05, 3.63) is 113 Å². The lowest BCUT2D eigenvalue weighted by atomic mass is 10.1. The number of benzene rings is 3. The number of hydrogen-bond acceptors (Lipinski definition) is 3. The average Bonchev–Trinajstić information content (AvgIpc) is 2.73. The van der Waals surface area contributed by atoms with Crippen LogP contribution < -0.4 is 5.32 Å². The molecule has 3 rings (SSSR count). The van der Waals surface area contributed by atoms with Crippen molar-refractivity contribution in [2.75, 3.05) is 0 Å². The molecule has 0 radical (unpaired) electrons. The number of nitrogens with one attached hydrogen (secondary N) is 1. The molecular weight excluding hydrogens is 350 g/mol. The molecule has 0 spiro atoms. The number of alkyl carbamates (subject to hydrolysis) is 1. The summed E-state index contributed by atoms with van der Waals surface area (Å²) in [6.07, 6.45) is 0.805. The first-order valence-corrected chi connectivity index (χ1v) is 8.97. The fourth-order valence-corrected chi connectivity index (χ4v) is 2.61. The Morgan fingerprint density at radius 2 is 1.43 bits per heavy atom. The molecule has 0 aromatic heterocycles. The van der Waals surface area contributed by atoms with Gasteiger partial charge in [0.05, 0.1) is 5.70 Å². The third kappa shape index (κ3) is 5.42. The highest BCUT2D eigenvalue weighted by Crippen LogP contribution is 2.14. The van der Waals surface area contributed by atoms with Crippen LogP contribution >= 0.6 is 0 Å². The lowest BCUT2D eigenvalue weighted by molar-refractivity contribution is 0.104. The second-order valence-corrected chi connectivity index (χ2v) is 6.34. The lowest BCUT2D eigenvalue weighted by Crippen LogP contribution is -2.23. The predicted molar refractivity (Wildman–Crippen MR) is 110 cm³/mol. The molecule has 1 amide bonds. The molecule has 0 saturated carbocycles. The Hall–Kier alpha value is -3.66. The first kappa shape index (κ1) is 19.1. The van der Waals surface area contributed by atoms with Gasteiger partial charge in [0.15, 0.2) is 5.78 Å². The zero-order valence-corrected chi connectivity index (χ0v) is 15.6. The number of hydrogen-bond donors (Lipinski definition) is 1. The molecule has 3 aromatic rings. The van der Waals surface area contributed by atoms with Crippen molar-refractivity contribution < 1.29 is 14.3 Å². The van der Waals surface area contributed by atoms with Gasteiger partial charge in [0.25, 0.3) is 0 Å². The molecular formula is C24H21NO3. The molecule has 0 aliphatic rings. The molecule has 3 aromatic carbocycles. The summed E-state index contributed by atoms with van der Waals surface area (Å²) in [7, 11) is 0. The van der Waals surface area contributed by atoms with E-state index in [2.05, 4.69) is 5.32 Å². The largest absolute Gasteiger partial charge is 0.444 e. The quantitative estimate of drug-likeness (QED) is 0.482. The van der Waals surface area contributed by atoms with E-state index < -0.39 is 6.09 Å². The fourth-order valence-electron chi connectivity index (χ4n) is 2.61.